The first-order valence-electron chi connectivity index (χ1n) is 7.53. The van der Waals surface area contributed by atoms with E-state index in [0.29, 0.717) is 42.2 Å². The lowest BCUT2D eigenvalue weighted by Gasteiger charge is -2.26. The number of nitrogens with zero attached hydrogens (tertiary/aromatic N) is 4. The molecule has 1 aliphatic rings. The first kappa shape index (κ1) is 16.7. The monoisotopic (exact) mass is 350 g/mol. The normalized spacial score (nSPS) is 15.0. The molecule has 3 rings (SSSR count). The van der Waals surface area contributed by atoms with Gasteiger partial charge in [0.1, 0.15) is 5.65 Å². The molecule has 0 aromatic carbocycles. The van der Waals surface area contributed by atoms with E-state index in [4.69, 9.17) is 4.74 Å². The van der Waals surface area contributed by atoms with E-state index in [-0.39, 0.29) is 11.7 Å². The van der Waals surface area contributed by atoms with Crippen LogP contribution in [0.1, 0.15) is 0 Å². The van der Waals surface area contributed by atoms with Crippen molar-refractivity contribution in [1.29, 1.82) is 0 Å². The van der Waals surface area contributed by atoms with Gasteiger partial charge in [0, 0.05) is 38.3 Å². The summed E-state index contributed by atoms with van der Waals surface area (Å²) in [4.78, 5) is 43.3. The number of ether oxygens (including phenoxy) is 1. The van der Waals surface area contributed by atoms with E-state index in [1.165, 1.54) is 23.4 Å². The highest BCUT2D eigenvalue weighted by Crippen LogP contribution is 2.23. The van der Waals surface area contributed by atoms with Gasteiger partial charge in [-0.2, -0.15) is 0 Å². The van der Waals surface area contributed by atoms with E-state index in [9.17, 15) is 14.4 Å². The number of carbonyl (C=O) groups excluding carboxylic acids is 1. The van der Waals surface area contributed by atoms with Crippen LogP contribution in [0.4, 0.5) is 0 Å². The molecule has 2 aromatic rings. The van der Waals surface area contributed by atoms with E-state index < -0.39 is 11.2 Å². The third-order valence-electron chi connectivity index (χ3n) is 4.02. The molecule has 3 heterocycles. The lowest BCUT2D eigenvalue weighted by Crippen LogP contribution is -2.41. The molecule has 0 N–H and O–H groups in total. The van der Waals surface area contributed by atoms with Gasteiger partial charge in [-0.3, -0.25) is 18.7 Å². The largest absolute Gasteiger partial charge is 0.378 e. The number of fused-ring (bicyclic) bond motifs is 1. The number of thioether (sulfide) groups is 1. The first-order chi connectivity index (χ1) is 11.5. The van der Waals surface area contributed by atoms with Crippen LogP contribution in [-0.2, 0) is 23.6 Å². The maximum absolute atomic E-state index is 12.5. The second kappa shape index (κ2) is 6.78. The predicted octanol–water partition coefficient (Wildman–Crippen LogP) is -0.417. The highest BCUT2D eigenvalue weighted by Gasteiger charge is 2.19. The number of rotatable bonds is 3. The molecule has 0 aliphatic carbocycles. The molecular weight excluding hydrogens is 332 g/mol. The molecule has 0 saturated carbocycles. The van der Waals surface area contributed by atoms with Gasteiger partial charge < -0.3 is 9.64 Å². The molecule has 0 radical (unpaired) electrons. The average Bonchev–Trinajstić information content (AvgIpc) is 2.63. The first-order valence-corrected chi connectivity index (χ1v) is 8.52. The van der Waals surface area contributed by atoms with Crippen molar-refractivity contribution >= 4 is 28.7 Å². The molecule has 9 heteroatoms. The molecule has 8 nitrogen and oxygen atoms in total. The minimum absolute atomic E-state index is 0.00917. The molecule has 1 aliphatic heterocycles. The van der Waals surface area contributed by atoms with Gasteiger partial charge in [-0.05, 0) is 6.07 Å². The second-order valence-corrected chi connectivity index (χ2v) is 6.51. The Kier molecular flexibility index (Phi) is 4.72. The number of pyridine rings is 1. The van der Waals surface area contributed by atoms with Crippen LogP contribution in [0.2, 0.25) is 0 Å². The summed E-state index contributed by atoms with van der Waals surface area (Å²) in [6, 6.07) is 1.70. The van der Waals surface area contributed by atoms with E-state index in [2.05, 4.69) is 4.98 Å². The zero-order chi connectivity index (χ0) is 17.3. The Labute approximate surface area is 142 Å². The Hall–Kier alpha value is -2.13. The lowest BCUT2D eigenvalue weighted by atomic mass is 10.3. The van der Waals surface area contributed by atoms with Crippen LogP contribution >= 0.6 is 11.8 Å². The van der Waals surface area contributed by atoms with Crippen LogP contribution < -0.4 is 11.2 Å². The van der Waals surface area contributed by atoms with Crippen molar-refractivity contribution in [2.45, 2.75) is 4.90 Å². The number of hydrogen-bond donors (Lipinski definition) is 0. The zero-order valence-corrected chi connectivity index (χ0v) is 14.3. The Morgan fingerprint density at radius 2 is 1.96 bits per heavy atom. The summed E-state index contributed by atoms with van der Waals surface area (Å²) in [5.74, 6) is 0.236. The lowest BCUT2D eigenvalue weighted by molar-refractivity contribution is -0.132. The molecule has 1 saturated heterocycles. The minimum Gasteiger partial charge on any atom is -0.378 e. The number of carbonyl (C=O) groups is 1. The number of morpholine rings is 1. The van der Waals surface area contributed by atoms with Crippen molar-refractivity contribution in [2.75, 3.05) is 32.1 Å². The molecule has 1 amide bonds. The minimum atomic E-state index is -0.424. The summed E-state index contributed by atoms with van der Waals surface area (Å²) < 4.78 is 7.63. The van der Waals surface area contributed by atoms with Crippen LogP contribution in [0.25, 0.3) is 11.0 Å². The predicted molar refractivity (Wildman–Crippen MR) is 90.3 cm³/mol. The maximum Gasteiger partial charge on any atom is 0.332 e. The molecule has 128 valence electrons. The Morgan fingerprint density at radius 3 is 2.67 bits per heavy atom. The van der Waals surface area contributed by atoms with Crippen LogP contribution in [0.5, 0.6) is 0 Å². The molecule has 24 heavy (non-hydrogen) atoms. The van der Waals surface area contributed by atoms with Crippen molar-refractivity contribution in [3.8, 4) is 0 Å². The van der Waals surface area contributed by atoms with Gasteiger partial charge in [0.05, 0.1) is 24.4 Å². The second-order valence-electron chi connectivity index (χ2n) is 5.50. The molecule has 0 unspecified atom stereocenters. The van der Waals surface area contributed by atoms with E-state index in [1.807, 2.05) is 0 Å². The molecule has 0 bridgehead atoms. The summed E-state index contributed by atoms with van der Waals surface area (Å²) in [5, 5.41) is 0.363. The molecule has 2 aromatic heterocycles. The number of aromatic nitrogens is 3. The fourth-order valence-electron chi connectivity index (χ4n) is 2.62. The molecular formula is C15H18N4O4S. The van der Waals surface area contributed by atoms with Crippen molar-refractivity contribution in [3.05, 3.63) is 33.1 Å². The number of amides is 1. The summed E-state index contributed by atoms with van der Waals surface area (Å²) in [7, 11) is 3.01. The number of hydrogen-bond acceptors (Lipinski definition) is 6. The molecule has 0 spiro atoms. The van der Waals surface area contributed by atoms with Gasteiger partial charge in [0.25, 0.3) is 5.56 Å². The highest BCUT2D eigenvalue weighted by molar-refractivity contribution is 8.00. The summed E-state index contributed by atoms with van der Waals surface area (Å²) >= 11 is 1.29. The van der Waals surface area contributed by atoms with Gasteiger partial charge >= 0.3 is 5.69 Å². The van der Waals surface area contributed by atoms with Crippen LogP contribution in [0.3, 0.4) is 0 Å². The zero-order valence-electron chi connectivity index (χ0n) is 13.5. The van der Waals surface area contributed by atoms with Gasteiger partial charge in [-0.25, -0.2) is 9.78 Å². The van der Waals surface area contributed by atoms with Gasteiger partial charge in [0.15, 0.2) is 0 Å². The van der Waals surface area contributed by atoms with Crippen molar-refractivity contribution < 1.29 is 9.53 Å². The van der Waals surface area contributed by atoms with Gasteiger partial charge in [-0.15, -0.1) is 11.8 Å². The fourth-order valence-corrected chi connectivity index (χ4v) is 3.56. The quantitative estimate of drug-likeness (QED) is 0.699. The summed E-state index contributed by atoms with van der Waals surface area (Å²) in [5.41, 5.74) is -0.499. The maximum atomic E-state index is 12.5. The topological polar surface area (TPSA) is 86.4 Å². The SMILES string of the molecule is Cn1c(=O)c2c(SCC(=O)N3CCOCC3)ccnc2n(C)c1=O. The fraction of sp³-hybridized carbons (Fsp3) is 0.467. The van der Waals surface area contributed by atoms with E-state index in [0.717, 1.165) is 4.57 Å². The Bertz CT molecular complexity index is 899. The van der Waals surface area contributed by atoms with Crippen molar-refractivity contribution in [1.82, 2.24) is 19.0 Å². The standard InChI is InChI=1S/C15H18N4O4S/c1-17-13-12(14(21)18(2)15(17)22)10(3-4-16-13)24-9-11(20)19-5-7-23-8-6-19/h3-4H,5-9H2,1-2H3. The smallest absolute Gasteiger partial charge is 0.332 e. The third-order valence-corrected chi connectivity index (χ3v) is 5.06. The molecule has 1 fully saturated rings. The Balaban J connectivity index is 1.91. The van der Waals surface area contributed by atoms with Gasteiger partial charge in [0.2, 0.25) is 5.91 Å². The van der Waals surface area contributed by atoms with E-state index in [1.54, 1.807) is 24.2 Å². The van der Waals surface area contributed by atoms with Crippen LogP contribution in [0, 0.1) is 0 Å². The number of aryl methyl sites for hydroxylation is 1. The van der Waals surface area contributed by atoms with E-state index >= 15 is 0 Å². The summed E-state index contributed by atoms with van der Waals surface area (Å²) in [6.45, 7) is 2.29. The van der Waals surface area contributed by atoms with Gasteiger partial charge in [-0.1, -0.05) is 0 Å². The highest BCUT2D eigenvalue weighted by atomic mass is 32.2. The van der Waals surface area contributed by atoms with Crippen molar-refractivity contribution in [2.24, 2.45) is 14.1 Å². The average molecular weight is 350 g/mol. The van der Waals surface area contributed by atoms with Crippen LogP contribution in [-0.4, -0.2) is 57.0 Å². The molecule has 0 atom stereocenters. The third kappa shape index (κ3) is 2.96. The Morgan fingerprint density at radius 1 is 1.25 bits per heavy atom. The van der Waals surface area contributed by atoms with Crippen molar-refractivity contribution in [3.63, 3.8) is 0 Å². The summed E-state index contributed by atoms with van der Waals surface area (Å²) in [6.07, 6.45) is 1.54. The van der Waals surface area contributed by atoms with Crippen LogP contribution in [0.15, 0.2) is 26.7 Å².